The van der Waals surface area contributed by atoms with Gasteiger partial charge in [0, 0.05) is 6.42 Å². The fourth-order valence-electron chi connectivity index (χ4n) is 5.56. The number of hydrazone groups is 1. The van der Waals surface area contributed by atoms with Gasteiger partial charge < -0.3 is 14.5 Å². The number of carbonyl (C=O) groups excluding carboxylic acids is 3. The number of imide groups is 1. The number of amides is 4. The lowest BCUT2D eigenvalue weighted by Gasteiger charge is -2.33. The fourth-order valence-corrected chi connectivity index (χ4v) is 5.56. The number of aryl methyl sites for hydroxylation is 1. The van der Waals surface area contributed by atoms with Crippen LogP contribution in [0, 0.1) is 0 Å². The summed E-state index contributed by atoms with van der Waals surface area (Å²) in [7, 11) is 1.60. The Balaban J connectivity index is 1.28. The van der Waals surface area contributed by atoms with Crippen LogP contribution in [-0.4, -0.2) is 47.1 Å². The number of benzene rings is 2. The van der Waals surface area contributed by atoms with E-state index in [2.05, 4.69) is 10.4 Å². The molecule has 4 amide bonds. The van der Waals surface area contributed by atoms with Gasteiger partial charge in [-0.05, 0) is 72.4 Å². The Morgan fingerprint density at radius 2 is 1.95 bits per heavy atom. The van der Waals surface area contributed by atoms with Gasteiger partial charge in [0.1, 0.15) is 29.6 Å². The van der Waals surface area contributed by atoms with Gasteiger partial charge in [-0.3, -0.25) is 14.5 Å². The summed E-state index contributed by atoms with van der Waals surface area (Å²) in [5, 5.41) is 8.85. The molecule has 1 aromatic heterocycles. The first-order chi connectivity index (χ1) is 18.0. The maximum Gasteiger partial charge on any atom is 0.325 e. The van der Waals surface area contributed by atoms with Crippen LogP contribution in [0.15, 0.2) is 76.4 Å². The van der Waals surface area contributed by atoms with E-state index in [4.69, 9.17) is 9.15 Å². The molecule has 0 unspecified atom stereocenters. The molecule has 3 aromatic rings. The highest BCUT2D eigenvalue weighted by molar-refractivity contribution is 6.10. The summed E-state index contributed by atoms with van der Waals surface area (Å²) in [6.07, 6.45) is 4.10. The van der Waals surface area contributed by atoms with Gasteiger partial charge in [-0.2, -0.15) is 5.10 Å². The molecule has 37 heavy (non-hydrogen) atoms. The molecule has 188 valence electrons. The number of hydrogen-bond donors (Lipinski definition) is 1. The third-order valence-electron chi connectivity index (χ3n) is 7.40. The average Bonchev–Trinajstić information content (AvgIpc) is 3.66. The average molecular weight is 499 g/mol. The first kappa shape index (κ1) is 23.0. The number of rotatable bonds is 5. The molecule has 9 nitrogen and oxygen atoms in total. The second-order valence-corrected chi connectivity index (χ2v) is 9.49. The Labute approximate surface area is 213 Å². The molecule has 0 saturated carbocycles. The van der Waals surface area contributed by atoms with Crippen LogP contribution < -0.4 is 10.1 Å². The van der Waals surface area contributed by atoms with Crippen LogP contribution in [0.25, 0.3) is 0 Å². The van der Waals surface area contributed by atoms with Gasteiger partial charge in [0.2, 0.25) is 0 Å². The Morgan fingerprint density at radius 3 is 2.70 bits per heavy atom. The number of fused-ring (bicyclic) bond motifs is 2. The van der Waals surface area contributed by atoms with Crippen molar-refractivity contribution in [1.29, 1.82) is 0 Å². The summed E-state index contributed by atoms with van der Waals surface area (Å²) in [6, 6.07) is 17.6. The quantitative estimate of drug-likeness (QED) is 0.540. The molecule has 1 fully saturated rings. The van der Waals surface area contributed by atoms with E-state index in [-0.39, 0.29) is 0 Å². The van der Waals surface area contributed by atoms with Crippen LogP contribution in [0.3, 0.4) is 0 Å². The molecule has 6 rings (SSSR count). The zero-order valence-electron chi connectivity index (χ0n) is 20.3. The van der Waals surface area contributed by atoms with Crippen molar-refractivity contribution in [3.8, 4) is 5.75 Å². The molecule has 1 aliphatic carbocycles. The van der Waals surface area contributed by atoms with Crippen molar-refractivity contribution in [2.45, 2.75) is 37.3 Å². The van der Waals surface area contributed by atoms with E-state index in [9.17, 15) is 14.4 Å². The predicted octanol–water partition coefficient (Wildman–Crippen LogP) is 3.75. The zero-order valence-corrected chi connectivity index (χ0v) is 20.3. The van der Waals surface area contributed by atoms with Crippen molar-refractivity contribution in [3.05, 3.63) is 89.4 Å². The van der Waals surface area contributed by atoms with Crippen molar-refractivity contribution in [3.63, 3.8) is 0 Å². The van der Waals surface area contributed by atoms with Crippen molar-refractivity contribution in [2.75, 3.05) is 13.7 Å². The van der Waals surface area contributed by atoms with Crippen LogP contribution in [0.1, 0.15) is 47.8 Å². The molecule has 1 spiro atoms. The molecule has 9 heteroatoms. The van der Waals surface area contributed by atoms with E-state index in [1.165, 1.54) is 5.01 Å². The largest absolute Gasteiger partial charge is 0.497 e. The SMILES string of the molecule is COc1ccc(C2=NN(C(=O)CN3C(=O)N[C@@]4(CCCc5ccccc54)C3=O)[C@H](c3ccco3)C2)cc1. The van der Waals surface area contributed by atoms with Gasteiger partial charge in [-0.1, -0.05) is 24.3 Å². The van der Waals surface area contributed by atoms with Crippen molar-refractivity contribution < 1.29 is 23.5 Å². The number of ether oxygens (including phenoxy) is 1. The number of methoxy groups -OCH3 is 1. The minimum atomic E-state index is -1.13. The maximum absolute atomic E-state index is 13.7. The lowest BCUT2D eigenvalue weighted by Crippen LogP contribution is -2.47. The van der Waals surface area contributed by atoms with Gasteiger partial charge in [0.15, 0.2) is 0 Å². The normalized spacial score (nSPS) is 22.7. The predicted molar refractivity (Wildman–Crippen MR) is 134 cm³/mol. The van der Waals surface area contributed by atoms with Gasteiger partial charge in [0.25, 0.3) is 11.8 Å². The number of nitrogens with zero attached hydrogens (tertiary/aromatic N) is 3. The molecule has 3 aliphatic rings. The van der Waals surface area contributed by atoms with Gasteiger partial charge >= 0.3 is 6.03 Å². The van der Waals surface area contributed by atoms with Gasteiger partial charge in [0.05, 0.1) is 19.1 Å². The Morgan fingerprint density at radius 1 is 1.14 bits per heavy atom. The van der Waals surface area contributed by atoms with Crippen LogP contribution in [0.2, 0.25) is 0 Å². The van der Waals surface area contributed by atoms with E-state index in [0.717, 1.165) is 40.2 Å². The Kier molecular flexibility index (Phi) is 5.55. The minimum Gasteiger partial charge on any atom is -0.497 e. The zero-order chi connectivity index (χ0) is 25.6. The third kappa shape index (κ3) is 3.78. The third-order valence-corrected chi connectivity index (χ3v) is 7.40. The summed E-state index contributed by atoms with van der Waals surface area (Å²) < 4.78 is 10.9. The summed E-state index contributed by atoms with van der Waals surface area (Å²) in [4.78, 5) is 41.3. The topological polar surface area (TPSA) is 104 Å². The van der Waals surface area contributed by atoms with E-state index < -0.39 is 36.0 Å². The summed E-state index contributed by atoms with van der Waals surface area (Å²) in [5.41, 5.74) is 2.27. The highest BCUT2D eigenvalue weighted by atomic mass is 16.5. The highest BCUT2D eigenvalue weighted by Gasteiger charge is 2.54. The van der Waals surface area contributed by atoms with Gasteiger partial charge in [-0.15, -0.1) is 0 Å². The van der Waals surface area contributed by atoms with E-state index >= 15 is 0 Å². The summed E-state index contributed by atoms with van der Waals surface area (Å²) in [5.74, 6) is 0.436. The number of carbonyl (C=O) groups is 3. The Bertz CT molecular complexity index is 1400. The summed E-state index contributed by atoms with van der Waals surface area (Å²) >= 11 is 0. The van der Waals surface area contributed by atoms with E-state index in [1.54, 1.807) is 25.5 Å². The number of hydrogen-bond acceptors (Lipinski definition) is 6. The first-order valence-corrected chi connectivity index (χ1v) is 12.3. The van der Waals surface area contributed by atoms with Crippen molar-refractivity contribution in [2.24, 2.45) is 5.10 Å². The molecule has 0 radical (unpaired) electrons. The number of urea groups is 1. The standard InChI is InChI=1S/C28H26N4O5/c1-36-20-12-10-19(11-13-20)22-16-23(24-9-5-15-37-24)32(30-22)25(33)17-31-26(34)28(29-27(31)35)14-4-7-18-6-2-3-8-21(18)28/h2-3,5-6,8-13,15,23H,4,7,14,16-17H2,1H3,(H,29,35)/t23-,28+/m0/s1. The van der Waals surface area contributed by atoms with E-state index in [1.807, 2.05) is 48.5 Å². The smallest absolute Gasteiger partial charge is 0.325 e. The van der Waals surface area contributed by atoms with Crippen molar-refractivity contribution >= 4 is 23.6 Å². The monoisotopic (exact) mass is 498 g/mol. The van der Waals surface area contributed by atoms with Crippen LogP contribution >= 0.6 is 0 Å². The second-order valence-electron chi connectivity index (χ2n) is 9.49. The maximum atomic E-state index is 13.7. The highest BCUT2D eigenvalue weighted by Crippen LogP contribution is 2.40. The molecule has 2 aromatic carbocycles. The lowest BCUT2D eigenvalue weighted by molar-refractivity contribution is -0.140. The first-order valence-electron chi connectivity index (χ1n) is 12.3. The molecule has 2 aliphatic heterocycles. The molecule has 1 saturated heterocycles. The molecule has 2 atom stereocenters. The van der Waals surface area contributed by atoms with Crippen LogP contribution in [-0.2, 0) is 21.5 Å². The Hall–Kier alpha value is -4.40. The lowest BCUT2D eigenvalue weighted by atomic mass is 9.76. The molecule has 0 bridgehead atoms. The summed E-state index contributed by atoms with van der Waals surface area (Å²) in [6.45, 7) is -0.412. The second kappa shape index (κ2) is 8.92. The number of nitrogens with one attached hydrogen (secondary N) is 1. The van der Waals surface area contributed by atoms with E-state index in [0.29, 0.717) is 24.3 Å². The minimum absolute atomic E-state index is 0.397. The van der Waals surface area contributed by atoms with Crippen LogP contribution in [0.5, 0.6) is 5.75 Å². The molecule has 3 heterocycles. The number of furan rings is 1. The van der Waals surface area contributed by atoms with Crippen LogP contribution in [0.4, 0.5) is 4.79 Å². The van der Waals surface area contributed by atoms with Crippen molar-refractivity contribution in [1.82, 2.24) is 15.2 Å². The molecule has 1 N–H and O–H groups in total. The molecular weight excluding hydrogens is 472 g/mol. The molecular formula is C28H26N4O5. The fraction of sp³-hybridized carbons (Fsp3) is 0.286. The van der Waals surface area contributed by atoms with Gasteiger partial charge in [-0.25, -0.2) is 9.80 Å².